The van der Waals surface area contributed by atoms with Gasteiger partial charge in [0.05, 0.1) is 30.2 Å². The molecule has 3 aromatic rings. The average Bonchev–Trinajstić information content (AvgIpc) is 3.27. The molecule has 0 bridgehead atoms. The molecule has 0 saturated carbocycles. The first kappa shape index (κ1) is 17.9. The van der Waals surface area contributed by atoms with E-state index in [1.807, 2.05) is 30.3 Å². The van der Waals surface area contributed by atoms with Gasteiger partial charge in [0.2, 0.25) is 10.0 Å². The van der Waals surface area contributed by atoms with E-state index in [1.54, 1.807) is 34.8 Å². The van der Waals surface area contributed by atoms with Gasteiger partial charge in [-0.3, -0.25) is 4.68 Å². The molecule has 3 heterocycles. The summed E-state index contributed by atoms with van der Waals surface area (Å²) in [7, 11) is -1.62. The third-order valence-electron chi connectivity index (χ3n) is 4.75. The van der Waals surface area contributed by atoms with Crippen LogP contribution in [0.3, 0.4) is 0 Å². The number of aryl methyl sites for hydroxylation is 1. The zero-order chi connectivity index (χ0) is 19.0. The van der Waals surface area contributed by atoms with Crippen molar-refractivity contribution in [3.8, 4) is 0 Å². The number of imidazole rings is 1. The van der Waals surface area contributed by atoms with Gasteiger partial charge in [0.15, 0.2) is 6.10 Å². The largest absolute Gasteiger partial charge is 0.379 e. The Labute approximate surface area is 157 Å². The summed E-state index contributed by atoms with van der Waals surface area (Å²) in [6.07, 6.45) is 2.43. The van der Waals surface area contributed by atoms with E-state index in [1.165, 1.54) is 4.31 Å². The molecule has 8 nitrogen and oxygen atoms in total. The Bertz CT molecular complexity index is 1040. The highest BCUT2D eigenvalue weighted by Crippen LogP contribution is 2.24. The van der Waals surface area contributed by atoms with Crippen molar-refractivity contribution in [1.29, 1.82) is 0 Å². The van der Waals surface area contributed by atoms with Crippen molar-refractivity contribution in [3.63, 3.8) is 0 Å². The van der Waals surface area contributed by atoms with E-state index < -0.39 is 16.1 Å². The fraction of sp³-hybridized carbons (Fsp3) is 0.333. The van der Waals surface area contributed by atoms with Crippen molar-refractivity contribution in [2.45, 2.75) is 24.9 Å². The zero-order valence-electron chi connectivity index (χ0n) is 14.9. The molecule has 0 radical (unpaired) electrons. The molecule has 142 valence electrons. The van der Waals surface area contributed by atoms with Crippen molar-refractivity contribution >= 4 is 10.0 Å². The molecule has 0 fully saturated rings. The zero-order valence-corrected chi connectivity index (χ0v) is 15.7. The predicted molar refractivity (Wildman–Crippen MR) is 99.0 cm³/mol. The van der Waals surface area contributed by atoms with Crippen molar-refractivity contribution in [1.82, 2.24) is 23.6 Å². The van der Waals surface area contributed by atoms with Gasteiger partial charge in [0.25, 0.3) is 0 Å². The van der Waals surface area contributed by atoms with Gasteiger partial charge in [0.1, 0.15) is 5.82 Å². The van der Waals surface area contributed by atoms with E-state index in [9.17, 15) is 13.5 Å². The standard InChI is InChI=1S/C18H21N5O3S/c1-21-8-7-19-18(21)17(24)16-11-15-12-22(9-10-23(15)20-16)27(25,26)13-14-5-3-2-4-6-14/h2-8,11,17,24H,9-10,12-13H2,1H3/t17-/m1/s1. The van der Waals surface area contributed by atoms with E-state index in [-0.39, 0.29) is 12.3 Å². The molecule has 0 spiro atoms. The van der Waals surface area contributed by atoms with Gasteiger partial charge in [-0.05, 0) is 11.6 Å². The molecule has 1 aliphatic rings. The molecule has 27 heavy (non-hydrogen) atoms. The van der Waals surface area contributed by atoms with Gasteiger partial charge in [-0.25, -0.2) is 13.4 Å². The molecule has 0 amide bonds. The highest BCUT2D eigenvalue weighted by Gasteiger charge is 2.29. The maximum Gasteiger partial charge on any atom is 0.218 e. The third-order valence-corrected chi connectivity index (χ3v) is 6.55. The van der Waals surface area contributed by atoms with Crippen LogP contribution in [0.5, 0.6) is 0 Å². The van der Waals surface area contributed by atoms with Gasteiger partial charge < -0.3 is 9.67 Å². The number of hydrogen-bond acceptors (Lipinski definition) is 5. The van der Waals surface area contributed by atoms with E-state index in [4.69, 9.17) is 0 Å². The Balaban J connectivity index is 1.53. The first-order chi connectivity index (χ1) is 12.9. The molecule has 1 N–H and O–H groups in total. The Morgan fingerprint density at radius 1 is 1.22 bits per heavy atom. The molecule has 9 heteroatoms. The summed E-state index contributed by atoms with van der Waals surface area (Å²) in [5, 5.41) is 15.0. The lowest BCUT2D eigenvalue weighted by molar-refractivity contribution is 0.200. The van der Waals surface area contributed by atoms with Crippen molar-refractivity contribution in [2.24, 2.45) is 7.05 Å². The van der Waals surface area contributed by atoms with E-state index in [0.29, 0.717) is 24.6 Å². The van der Waals surface area contributed by atoms with Crippen molar-refractivity contribution in [3.05, 3.63) is 71.6 Å². The van der Waals surface area contributed by atoms with Gasteiger partial charge in [-0.1, -0.05) is 30.3 Å². The Kier molecular flexibility index (Phi) is 4.58. The molecule has 4 rings (SSSR count). The fourth-order valence-corrected chi connectivity index (χ4v) is 4.77. The minimum atomic E-state index is -3.43. The quantitative estimate of drug-likeness (QED) is 0.706. The average molecular weight is 387 g/mol. The second-order valence-electron chi connectivity index (χ2n) is 6.66. The summed E-state index contributed by atoms with van der Waals surface area (Å²) >= 11 is 0. The number of benzene rings is 1. The van der Waals surface area contributed by atoms with E-state index in [2.05, 4.69) is 10.1 Å². The summed E-state index contributed by atoms with van der Waals surface area (Å²) in [4.78, 5) is 4.16. The molecule has 2 aromatic heterocycles. The highest BCUT2D eigenvalue weighted by atomic mass is 32.2. The number of aliphatic hydroxyl groups is 1. The van der Waals surface area contributed by atoms with Crippen LogP contribution in [-0.4, -0.2) is 43.7 Å². The van der Waals surface area contributed by atoms with Crippen molar-refractivity contribution in [2.75, 3.05) is 6.54 Å². The molecule has 0 aliphatic carbocycles. The predicted octanol–water partition coefficient (Wildman–Crippen LogP) is 1.04. The monoisotopic (exact) mass is 387 g/mol. The molecule has 1 atom stereocenters. The maximum absolute atomic E-state index is 12.8. The van der Waals surface area contributed by atoms with Crippen LogP contribution in [0.25, 0.3) is 0 Å². The molecule has 0 unspecified atom stereocenters. The van der Waals surface area contributed by atoms with Crippen LogP contribution < -0.4 is 0 Å². The lowest BCUT2D eigenvalue weighted by Crippen LogP contribution is -2.39. The molecular weight excluding hydrogens is 366 g/mol. The van der Waals surface area contributed by atoms with Gasteiger partial charge in [0, 0.05) is 26.0 Å². The molecule has 0 saturated heterocycles. The SMILES string of the molecule is Cn1ccnc1[C@H](O)c1cc2n(n1)CCN(S(=O)(=O)Cc1ccccc1)C2. The summed E-state index contributed by atoms with van der Waals surface area (Å²) in [5.41, 5.74) is 2.00. The first-order valence-electron chi connectivity index (χ1n) is 8.68. The van der Waals surface area contributed by atoms with E-state index in [0.717, 1.165) is 11.3 Å². The Morgan fingerprint density at radius 3 is 2.70 bits per heavy atom. The van der Waals surface area contributed by atoms with Gasteiger partial charge in [-0.15, -0.1) is 0 Å². The first-order valence-corrected chi connectivity index (χ1v) is 10.3. The topological polar surface area (TPSA) is 93.2 Å². The number of aliphatic hydroxyl groups excluding tert-OH is 1. The number of fused-ring (bicyclic) bond motifs is 1. The number of aromatic nitrogens is 4. The smallest absolute Gasteiger partial charge is 0.218 e. The lowest BCUT2D eigenvalue weighted by atomic mass is 10.2. The summed E-state index contributed by atoms with van der Waals surface area (Å²) in [6, 6.07) is 10.9. The van der Waals surface area contributed by atoms with Gasteiger partial charge >= 0.3 is 0 Å². The summed E-state index contributed by atoms with van der Waals surface area (Å²) < 4.78 is 30.5. The second-order valence-corrected chi connectivity index (χ2v) is 8.63. The van der Waals surface area contributed by atoms with Gasteiger partial charge in [-0.2, -0.15) is 9.40 Å². The van der Waals surface area contributed by atoms with Crippen LogP contribution in [0.1, 0.15) is 28.9 Å². The fourth-order valence-electron chi connectivity index (χ4n) is 3.28. The third kappa shape index (κ3) is 3.53. The number of sulfonamides is 1. The number of nitrogens with zero attached hydrogens (tertiary/aromatic N) is 5. The van der Waals surface area contributed by atoms with Crippen LogP contribution in [0.15, 0.2) is 48.8 Å². The van der Waals surface area contributed by atoms with Crippen molar-refractivity contribution < 1.29 is 13.5 Å². The Morgan fingerprint density at radius 2 is 2.00 bits per heavy atom. The van der Waals surface area contributed by atoms with Crippen LogP contribution in [0.4, 0.5) is 0 Å². The van der Waals surface area contributed by atoms with Crippen LogP contribution in [0, 0.1) is 0 Å². The van der Waals surface area contributed by atoms with Crippen LogP contribution >= 0.6 is 0 Å². The second kappa shape index (κ2) is 6.91. The minimum absolute atomic E-state index is 0.0231. The number of rotatable bonds is 5. The number of hydrogen-bond donors (Lipinski definition) is 1. The van der Waals surface area contributed by atoms with E-state index >= 15 is 0 Å². The molecule has 1 aromatic carbocycles. The lowest BCUT2D eigenvalue weighted by Gasteiger charge is -2.26. The summed E-state index contributed by atoms with van der Waals surface area (Å²) in [5.74, 6) is 0.476. The normalized spacial score (nSPS) is 16.2. The minimum Gasteiger partial charge on any atom is -0.379 e. The highest BCUT2D eigenvalue weighted by molar-refractivity contribution is 7.88. The van der Waals surface area contributed by atoms with Crippen LogP contribution in [0.2, 0.25) is 0 Å². The maximum atomic E-state index is 12.8. The summed E-state index contributed by atoms with van der Waals surface area (Å²) in [6.45, 7) is 1.06. The molecular formula is C18H21N5O3S. The Hall–Kier alpha value is -2.49. The molecule has 1 aliphatic heterocycles. The van der Waals surface area contributed by atoms with Crippen LogP contribution in [-0.2, 0) is 35.9 Å².